The average Bonchev–Trinajstić information content (AvgIpc) is 2.64. The summed E-state index contributed by atoms with van der Waals surface area (Å²) in [5, 5.41) is 1.76. The largest absolute Gasteiger partial charge is 0.244 e. The zero-order chi connectivity index (χ0) is 17.4. The first kappa shape index (κ1) is 15.7. The quantitative estimate of drug-likeness (QED) is 0.472. The molecule has 0 atom stereocenters. The molecule has 0 amide bonds. The monoisotopic (exact) mass is 345 g/mol. The number of hydrogen-bond acceptors (Lipinski definition) is 3. The van der Waals surface area contributed by atoms with E-state index in [1.165, 1.54) is 0 Å². The number of fused-ring (bicyclic) bond motifs is 1. The lowest BCUT2D eigenvalue weighted by Gasteiger charge is -2.09. The van der Waals surface area contributed by atoms with Gasteiger partial charge in [0.25, 0.3) is 0 Å². The fourth-order valence-electron chi connectivity index (χ4n) is 2.78. The summed E-state index contributed by atoms with van der Waals surface area (Å²) >= 11 is 6.29. The van der Waals surface area contributed by atoms with Crippen LogP contribution in [0.1, 0.15) is 11.1 Å². The summed E-state index contributed by atoms with van der Waals surface area (Å²) in [5.74, 6) is 0.623. The van der Waals surface area contributed by atoms with Crippen LogP contribution in [0, 0.1) is 13.8 Å². The van der Waals surface area contributed by atoms with E-state index in [4.69, 9.17) is 16.6 Å². The summed E-state index contributed by atoms with van der Waals surface area (Å²) in [4.78, 5) is 13.9. The molecule has 0 N–H and O–H groups in total. The van der Waals surface area contributed by atoms with Crippen LogP contribution in [0.3, 0.4) is 0 Å². The van der Waals surface area contributed by atoms with Gasteiger partial charge in [0.1, 0.15) is 5.69 Å². The van der Waals surface area contributed by atoms with Crippen molar-refractivity contribution in [3.8, 4) is 22.8 Å². The van der Waals surface area contributed by atoms with Crippen LogP contribution in [-0.2, 0) is 0 Å². The number of nitrogens with zero attached hydrogens (tertiary/aromatic N) is 3. The molecular formula is C21H16ClN3. The van der Waals surface area contributed by atoms with Crippen molar-refractivity contribution in [3.05, 3.63) is 76.9 Å². The highest BCUT2D eigenvalue weighted by molar-refractivity contribution is 6.31. The number of halogens is 1. The third-order valence-corrected chi connectivity index (χ3v) is 4.67. The first-order chi connectivity index (χ1) is 12.1. The summed E-state index contributed by atoms with van der Waals surface area (Å²) in [7, 11) is 0. The van der Waals surface area contributed by atoms with Gasteiger partial charge in [-0.25, -0.2) is 15.0 Å². The Morgan fingerprint density at radius 3 is 2.48 bits per heavy atom. The summed E-state index contributed by atoms with van der Waals surface area (Å²) in [6.45, 7) is 4.03. The van der Waals surface area contributed by atoms with E-state index in [2.05, 4.69) is 9.97 Å². The summed E-state index contributed by atoms with van der Waals surface area (Å²) in [6.07, 6.45) is 1.83. The van der Waals surface area contributed by atoms with Crippen molar-refractivity contribution in [2.45, 2.75) is 13.8 Å². The molecule has 0 unspecified atom stereocenters. The molecule has 0 aliphatic rings. The zero-order valence-electron chi connectivity index (χ0n) is 14.0. The van der Waals surface area contributed by atoms with Gasteiger partial charge < -0.3 is 0 Å². The molecule has 0 saturated heterocycles. The molecule has 25 heavy (non-hydrogen) atoms. The summed E-state index contributed by atoms with van der Waals surface area (Å²) in [5.41, 5.74) is 5.70. The van der Waals surface area contributed by atoms with Crippen LogP contribution in [-0.4, -0.2) is 15.0 Å². The van der Waals surface area contributed by atoms with Crippen LogP contribution < -0.4 is 0 Å². The summed E-state index contributed by atoms with van der Waals surface area (Å²) in [6, 6.07) is 18.0. The third-order valence-electron chi connectivity index (χ3n) is 4.26. The molecule has 4 heteroatoms. The van der Waals surface area contributed by atoms with Crippen LogP contribution in [0.25, 0.3) is 33.7 Å². The van der Waals surface area contributed by atoms with Crippen LogP contribution in [0.2, 0.25) is 5.02 Å². The maximum absolute atomic E-state index is 6.29. The number of aromatic nitrogens is 3. The predicted molar refractivity (Wildman–Crippen MR) is 103 cm³/mol. The van der Waals surface area contributed by atoms with Gasteiger partial charge in [-0.2, -0.15) is 0 Å². The normalized spacial score (nSPS) is 11.0. The number of aryl methyl sites for hydroxylation is 2. The average molecular weight is 346 g/mol. The molecule has 2 aromatic carbocycles. The van der Waals surface area contributed by atoms with Gasteiger partial charge in [0.05, 0.1) is 11.2 Å². The maximum Gasteiger partial charge on any atom is 0.178 e. The van der Waals surface area contributed by atoms with Crippen molar-refractivity contribution in [3.63, 3.8) is 0 Å². The van der Waals surface area contributed by atoms with Gasteiger partial charge in [0.2, 0.25) is 0 Å². The smallest absolute Gasteiger partial charge is 0.178 e. The highest BCUT2D eigenvalue weighted by Crippen LogP contribution is 2.28. The molecule has 122 valence electrons. The Labute approximate surface area is 151 Å². The molecule has 0 aliphatic carbocycles. The van der Waals surface area contributed by atoms with Gasteiger partial charge >= 0.3 is 0 Å². The Hall–Kier alpha value is -2.78. The van der Waals surface area contributed by atoms with E-state index < -0.39 is 0 Å². The molecule has 0 radical (unpaired) electrons. The molecule has 0 saturated carbocycles. The number of pyridine rings is 1. The SMILES string of the molecule is Cc1ccc(-c2nc(-c3ncc4ccccc4n3)ccc2C)cc1Cl. The standard InChI is InChI=1S/C21H16ClN3/c1-13-7-9-15(11-17(13)22)20-14(2)8-10-19(24-20)21-23-12-16-5-3-4-6-18(16)25-21/h3-12H,1-2H3. The lowest BCUT2D eigenvalue weighted by Crippen LogP contribution is -1.96. The van der Waals surface area contributed by atoms with Crippen LogP contribution in [0.15, 0.2) is 60.8 Å². The van der Waals surface area contributed by atoms with Gasteiger partial charge in [0, 0.05) is 22.2 Å². The Morgan fingerprint density at radius 2 is 1.64 bits per heavy atom. The zero-order valence-corrected chi connectivity index (χ0v) is 14.7. The third kappa shape index (κ3) is 2.99. The number of benzene rings is 2. The Kier molecular flexibility index (Phi) is 3.94. The lowest BCUT2D eigenvalue weighted by molar-refractivity contribution is 1.17. The highest BCUT2D eigenvalue weighted by atomic mass is 35.5. The van der Waals surface area contributed by atoms with Crippen molar-refractivity contribution in [1.82, 2.24) is 15.0 Å². The number of para-hydroxylation sites is 1. The van der Waals surface area contributed by atoms with Gasteiger partial charge in [-0.3, -0.25) is 0 Å². The maximum atomic E-state index is 6.29. The van der Waals surface area contributed by atoms with Gasteiger partial charge in [-0.15, -0.1) is 0 Å². The van der Waals surface area contributed by atoms with Crippen molar-refractivity contribution >= 4 is 22.5 Å². The van der Waals surface area contributed by atoms with E-state index in [0.29, 0.717) is 5.82 Å². The van der Waals surface area contributed by atoms with Crippen LogP contribution in [0.5, 0.6) is 0 Å². The van der Waals surface area contributed by atoms with E-state index in [-0.39, 0.29) is 0 Å². The molecule has 0 spiro atoms. The molecule has 4 rings (SSSR count). The Bertz CT molecular complexity index is 1090. The van der Waals surface area contributed by atoms with Gasteiger partial charge in [0.15, 0.2) is 5.82 Å². The van der Waals surface area contributed by atoms with Crippen molar-refractivity contribution in [1.29, 1.82) is 0 Å². The van der Waals surface area contributed by atoms with E-state index in [1.54, 1.807) is 0 Å². The molecule has 0 fully saturated rings. The first-order valence-corrected chi connectivity index (χ1v) is 8.46. The molecule has 2 aromatic heterocycles. The van der Waals surface area contributed by atoms with Crippen molar-refractivity contribution in [2.24, 2.45) is 0 Å². The van der Waals surface area contributed by atoms with Crippen LogP contribution in [0.4, 0.5) is 0 Å². The molecule has 4 aromatic rings. The van der Waals surface area contributed by atoms with E-state index in [1.807, 2.05) is 74.6 Å². The van der Waals surface area contributed by atoms with Crippen LogP contribution >= 0.6 is 11.6 Å². The Balaban J connectivity index is 1.84. The predicted octanol–water partition coefficient (Wildman–Crippen LogP) is 5.63. The molecule has 2 heterocycles. The van der Waals surface area contributed by atoms with E-state index in [9.17, 15) is 0 Å². The second kappa shape index (κ2) is 6.26. The van der Waals surface area contributed by atoms with Gasteiger partial charge in [-0.1, -0.05) is 48.0 Å². The van der Waals surface area contributed by atoms with Crippen molar-refractivity contribution < 1.29 is 0 Å². The van der Waals surface area contributed by atoms with Crippen molar-refractivity contribution in [2.75, 3.05) is 0 Å². The fourth-order valence-corrected chi connectivity index (χ4v) is 2.96. The molecule has 3 nitrogen and oxygen atoms in total. The van der Waals surface area contributed by atoms with E-state index >= 15 is 0 Å². The minimum atomic E-state index is 0.623. The highest BCUT2D eigenvalue weighted by Gasteiger charge is 2.10. The second-order valence-electron chi connectivity index (χ2n) is 6.08. The molecule has 0 aliphatic heterocycles. The second-order valence-corrected chi connectivity index (χ2v) is 6.49. The fraction of sp³-hybridized carbons (Fsp3) is 0.0952. The minimum Gasteiger partial charge on any atom is -0.244 e. The Morgan fingerprint density at radius 1 is 0.840 bits per heavy atom. The molecular weight excluding hydrogens is 330 g/mol. The molecule has 0 bridgehead atoms. The van der Waals surface area contributed by atoms with E-state index in [0.717, 1.165) is 44.0 Å². The lowest BCUT2D eigenvalue weighted by atomic mass is 10.0. The summed E-state index contributed by atoms with van der Waals surface area (Å²) < 4.78 is 0. The first-order valence-electron chi connectivity index (χ1n) is 8.08. The number of rotatable bonds is 2. The minimum absolute atomic E-state index is 0.623. The number of hydrogen-bond donors (Lipinski definition) is 0. The van der Waals surface area contributed by atoms with Gasteiger partial charge in [-0.05, 0) is 43.2 Å². The topological polar surface area (TPSA) is 38.7 Å².